The Hall–Kier alpha value is -2.05. The molecule has 3 heterocycles. The Morgan fingerprint density at radius 1 is 1.19 bits per heavy atom. The number of aromatic nitrogens is 4. The lowest BCUT2D eigenvalue weighted by Crippen LogP contribution is -2.33. The molecule has 6 heteroatoms. The predicted molar refractivity (Wildman–Crippen MR) is 105 cm³/mol. The fraction of sp³-hybridized carbons (Fsp3) is 0.450. The first-order valence-electron chi connectivity index (χ1n) is 9.25. The SMILES string of the molecule is Cc1ccccc1-c1ncc(CN2CCC(Cc3nncn3C)CC2)s1. The Morgan fingerprint density at radius 2 is 2.00 bits per heavy atom. The molecule has 1 saturated heterocycles. The lowest BCUT2D eigenvalue weighted by molar-refractivity contribution is 0.176. The van der Waals surface area contributed by atoms with Crippen molar-refractivity contribution < 1.29 is 0 Å². The molecule has 136 valence electrons. The minimum atomic E-state index is 0.721. The summed E-state index contributed by atoms with van der Waals surface area (Å²) < 4.78 is 2.04. The maximum Gasteiger partial charge on any atom is 0.132 e. The lowest BCUT2D eigenvalue weighted by Gasteiger charge is -2.31. The monoisotopic (exact) mass is 367 g/mol. The van der Waals surface area contributed by atoms with Crippen molar-refractivity contribution in [2.24, 2.45) is 13.0 Å². The molecule has 1 fully saturated rings. The molecule has 3 aromatic rings. The van der Waals surface area contributed by atoms with Crippen LogP contribution in [-0.2, 0) is 20.0 Å². The quantitative estimate of drug-likeness (QED) is 0.690. The van der Waals surface area contributed by atoms with Gasteiger partial charge < -0.3 is 4.57 Å². The van der Waals surface area contributed by atoms with Gasteiger partial charge in [-0.1, -0.05) is 24.3 Å². The van der Waals surface area contributed by atoms with Crippen molar-refractivity contribution in [3.8, 4) is 10.6 Å². The van der Waals surface area contributed by atoms with E-state index in [0.717, 1.165) is 42.8 Å². The van der Waals surface area contributed by atoms with E-state index in [1.807, 2.05) is 23.0 Å². The van der Waals surface area contributed by atoms with Crippen molar-refractivity contribution in [2.75, 3.05) is 13.1 Å². The summed E-state index contributed by atoms with van der Waals surface area (Å²) in [5, 5.41) is 9.35. The molecule has 0 bridgehead atoms. The van der Waals surface area contributed by atoms with Crippen LogP contribution in [0.5, 0.6) is 0 Å². The van der Waals surface area contributed by atoms with Crippen LogP contribution in [0.25, 0.3) is 10.6 Å². The molecule has 0 atom stereocenters. The van der Waals surface area contributed by atoms with Gasteiger partial charge in [-0.05, 0) is 44.3 Å². The van der Waals surface area contributed by atoms with Crippen LogP contribution in [-0.4, -0.2) is 37.7 Å². The van der Waals surface area contributed by atoms with Gasteiger partial charge in [-0.25, -0.2) is 4.98 Å². The van der Waals surface area contributed by atoms with E-state index in [1.54, 1.807) is 6.33 Å². The molecule has 1 aromatic carbocycles. The zero-order valence-corrected chi connectivity index (χ0v) is 16.2. The molecule has 26 heavy (non-hydrogen) atoms. The van der Waals surface area contributed by atoms with Gasteiger partial charge in [0.15, 0.2) is 0 Å². The first kappa shape index (κ1) is 17.4. The van der Waals surface area contributed by atoms with Crippen molar-refractivity contribution in [2.45, 2.75) is 32.7 Å². The molecular formula is C20H25N5S. The Bertz CT molecular complexity index is 860. The summed E-state index contributed by atoms with van der Waals surface area (Å²) in [5.41, 5.74) is 2.55. The summed E-state index contributed by atoms with van der Waals surface area (Å²) in [4.78, 5) is 8.58. The average molecular weight is 368 g/mol. The third-order valence-corrected chi connectivity index (χ3v) is 6.31. The first-order valence-corrected chi connectivity index (χ1v) is 10.1. The van der Waals surface area contributed by atoms with Crippen LogP contribution in [0, 0.1) is 12.8 Å². The average Bonchev–Trinajstić information content (AvgIpc) is 3.27. The molecule has 1 aliphatic heterocycles. The van der Waals surface area contributed by atoms with Crippen molar-refractivity contribution in [3.05, 3.63) is 53.1 Å². The first-order chi connectivity index (χ1) is 12.7. The van der Waals surface area contributed by atoms with E-state index in [9.17, 15) is 0 Å². The molecule has 4 rings (SSSR count). The maximum absolute atomic E-state index is 4.66. The summed E-state index contributed by atoms with van der Waals surface area (Å²) in [7, 11) is 2.03. The summed E-state index contributed by atoms with van der Waals surface area (Å²) in [6.07, 6.45) is 7.35. The smallest absolute Gasteiger partial charge is 0.132 e. The second-order valence-corrected chi connectivity index (χ2v) is 8.34. The summed E-state index contributed by atoms with van der Waals surface area (Å²) in [5.74, 6) is 1.83. The van der Waals surface area contributed by atoms with Crippen molar-refractivity contribution in [1.82, 2.24) is 24.6 Å². The molecular weight excluding hydrogens is 342 g/mol. The lowest BCUT2D eigenvalue weighted by atomic mass is 9.93. The molecule has 2 aromatic heterocycles. The zero-order chi connectivity index (χ0) is 17.9. The third-order valence-electron chi connectivity index (χ3n) is 5.29. The van der Waals surface area contributed by atoms with Crippen molar-refractivity contribution in [1.29, 1.82) is 0 Å². The molecule has 1 aliphatic rings. The summed E-state index contributed by atoms with van der Waals surface area (Å²) in [6.45, 7) is 5.47. The van der Waals surface area contributed by atoms with Crippen LogP contribution in [0.1, 0.15) is 29.1 Å². The van der Waals surface area contributed by atoms with Gasteiger partial charge in [0.05, 0.1) is 0 Å². The van der Waals surface area contributed by atoms with E-state index in [0.29, 0.717) is 0 Å². The predicted octanol–water partition coefficient (Wildman–Crippen LogP) is 3.70. The highest BCUT2D eigenvalue weighted by molar-refractivity contribution is 7.15. The number of likely N-dealkylation sites (tertiary alicyclic amines) is 1. The van der Waals surface area contributed by atoms with Crippen LogP contribution in [0.15, 0.2) is 36.8 Å². The summed E-state index contributed by atoms with van der Waals surface area (Å²) in [6, 6.07) is 8.48. The zero-order valence-electron chi connectivity index (χ0n) is 15.4. The molecule has 5 nitrogen and oxygen atoms in total. The Kier molecular flexibility index (Phi) is 5.13. The number of thiazole rings is 1. The van der Waals surface area contributed by atoms with Crippen LogP contribution in [0.4, 0.5) is 0 Å². The number of hydrogen-bond donors (Lipinski definition) is 0. The molecule has 0 radical (unpaired) electrons. The Labute approximate surface area is 158 Å². The van der Waals surface area contributed by atoms with Crippen molar-refractivity contribution in [3.63, 3.8) is 0 Å². The van der Waals surface area contributed by atoms with E-state index in [-0.39, 0.29) is 0 Å². The van der Waals surface area contributed by atoms with E-state index >= 15 is 0 Å². The minimum absolute atomic E-state index is 0.721. The fourth-order valence-corrected chi connectivity index (χ4v) is 4.68. The number of aryl methyl sites for hydroxylation is 2. The minimum Gasteiger partial charge on any atom is -0.321 e. The number of hydrogen-bond acceptors (Lipinski definition) is 5. The molecule has 0 aliphatic carbocycles. The van der Waals surface area contributed by atoms with E-state index in [1.165, 1.54) is 28.8 Å². The van der Waals surface area contributed by atoms with Gasteiger partial charge in [-0.15, -0.1) is 21.5 Å². The Balaban J connectivity index is 1.32. The standard InChI is InChI=1S/C20H25N5S/c1-15-5-3-4-6-18(15)20-21-12-17(26-20)13-25-9-7-16(8-10-25)11-19-23-22-14-24(19)2/h3-6,12,14,16H,7-11,13H2,1-2H3. The van der Waals surface area contributed by atoms with Gasteiger partial charge in [0, 0.05) is 36.7 Å². The second kappa shape index (κ2) is 7.68. The van der Waals surface area contributed by atoms with Gasteiger partial charge >= 0.3 is 0 Å². The second-order valence-electron chi connectivity index (χ2n) is 7.23. The topological polar surface area (TPSA) is 46.8 Å². The van der Waals surface area contributed by atoms with Gasteiger partial charge in [0.2, 0.25) is 0 Å². The fourth-order valence-electron chi connectivity index (χ4n) is 3.64. The normalized spacial score (nSPS) is 16.2. The van der Waals surface area contributed by atoms with Crippen LogP contribution in [0.2, 0.25) is 0 Å². The number of benzene rings is 1. The molecule has 0 amide bonds. The van der Waals surface area contributed by atoms with Crippen LogP contribution in [0.3, 0.4) is 0 Å². The highest BCUT2D eigenvalue weighted by Crippen LogP contribution is 2.29. The number of rotatable bonds is 5. The van der Waals surface area contributed by atoms with E-state index < -0.39 is 0 Å². The van der Waals surface area contributed by atoms with E-state index in [4.69, 9.17) is 0 Å². The van der Waals surface area contributed by atoms with Gasteiger partial charge in [0.25, 0.3) is 0 Å². The molecule has 0 unspecified atom stereocenters. The number of piperidine rings is 1. The van der Waals surface area contributed by atoms with Crippen LogP contribution >= 0.6 is 11.3 Å². The van der Waals surface area contributed by atoms with Crippen molar-refractivity contribution >= 4 is 11.3 Å². The van der Waals surface area contributed by atoms with Gasteiger partial charge in [-0.2, -0.15) is 0 Å². The Morgan fingerprint density at radius 3 is 2.73 bits per heavy atom. The van der Waals surface area contributed by atoms with Gasteiger partial charge in [0.1, 0.15) is 17.2 Å². The highest BCUT2D eigenvalue weighted by atomic mass is 32.1. The largest absolute Gasteiger partial charge is 0.321 e. The molecule has 0 N–H and O–H groups in total. The summed E-state index contributed by atoms with van der Waals surface area (Å²) >= 11 is 1.83. The van der Waals surface area contributed by atoms with Crippen LogP contribution < -0.4 is 0 Å². The molecule has 0 saturated carbocycles. The third kappa shape index (κ3) is 3.86. The van der Waals surface area contributed by atoms with Gasteiger partial charge in [-0.3, -0.25) is 4.90 Å². The van der Waals surface area contributed by atoms with E-state index in [2.05, 4.69) is 57.5 Å². The number of nitrogens with zero attached hydrogens (tertiary/aromatic N) is 5. The maximum atomic E-state index is 4.66. The molecule has 0 spiro atoms. The highest BCUT2D eigenvalue weighted by Gasteiger charge is 2.21.